The lowest BCUT2D eigenvalue weighted by atomic mass is 9.69. The van der Waals surface area contributed by atoms with E-state index in [0.29, 0.717) is 11.3 Å². The monoisotopic (exact) mass is 202 g/mol. The Hall–Kier alpha value is -0.820. The molecule has 0 fully saturated rings. The maximum absolute atomic E-state index is 10.0. The Balaban J connectivity index is 2.25. The van der Waals surface area contributed by atoms with Crippen LogP contribution in [0, 0.1) is 0 Å². The average molecular weight is 202 g/mol. The molecule has 1 N–H and O–H groups in total. The van der Waals surface area contributed by atoms with Gasteiger partial charge in [0.05, 0.1) is 6.10 Å². The molecule has 3 rings (SSSR count). The molecule has 0 aromatic heterocycles. The maximum Gasteiger partial charge on any atom is 0.0798 e. The molecule has 2 unspecified atom stereocenters. The van der Waals surface area contributed by atoms with Crippen molar-refractivity contribution in [3.05, 3.63) is 34.9 Å². The highest BCUT2D eigenvalue weighted by atomic mass is 16.3. The molecule has 0 amide bonds. The van der Waals surface area contributed by atoms with Crippen LogP contribution < -0.4 is 0 Å². The van der Waals surface area contributed by atoms with Crippen LogP contribution in [0.25, 0.3) is 0 Å². The van der Waals surface area contributed by atoms with E-state index in [0.717, 1.165) is 6.42 Å². The zero-order chi connectivity index (χ0) is 10.6. The third-order valence-electron chi connectivity index (χ3n) is 4.26. The van der Waals surface area contributed by atoms with E-state index in [2.05, 4.69) is 32.0 Å². The fraction of sp³-hybridized carbons (Fsp3) is 0.571. The SMILES string of the molecule is CC1(C)CCC2CC(O)c3cccc1c32. The molecular weight excluding hydrogens is 184 g/mol. The van der Waals surface area contributed by atoms with E-state index in [1.807, 2.05) is 0 Å². The Bertz CT molecular complexity index is 406. The number of rotatable bonds is 0. The summed E-state index contributed by atoms with van der Waals surface area (Å²) < 4.78 is 0. The minimum absolute atomic E-state index is 0.209. The number of hydrogen-bond acceptors (Lipinski definition) is 1. The Labute approximate surface area is 91.1 Å². The zero-order valence-electron chi connectivity index (χ0n) is 9.46. The second kappa shape index (κ2) is 2.85. The number of aliphatic hydroxyl groups excluding tert-OH is 1. The molecule has 2 atom stereocenters. The van der Waals surface area contributed by atoms with E-state index in [9.17, 15) is 5.11 Å². The summed E-state index contributed by atoms with van der Waals surface area (Å²) in [6.07, 6.45) is 3.23. The van der Waals surface area contributed by atoms with Crippen molar-refractivity contribution in [3.63, 3.8) is 0 Å². The first-order valence-corrected chi connectivity index (χ1v) is 5.91. The van der Waals surface area contributed by atoms with Gasteiger partial charge in [0.1, 0.15) is 0 Å². The number of aliphatic hydroxyl groups is 1. The molecule has 0 heterocycles. The second-order valence-corrected chi connectivity index (χ2v) is 5.68. The van der Waals surface area contributed by atoms with Crippen LogP contribution >= 0.6 is 0 Å². The van der Waals surface area contributed by atoms with Crippen LogP contribution in [0.2, 0.25) is 0 Å². The van der Waals surface area contributed by atoms with Crippen LogP contribution in [0.5, 0.6) is 0 Å². The quantitative estimate of drug-likeness (QED) is 0.684. The Morgan fingerprint density at radius 1 is 1.33 bits per heavy atom. The third-order valence-corrected chi connectivity index (χ3v) is 4.26. The highest BCUT2D eigenvalue weighted by molar-refractivity contribution is 5.48. The van der Waals surface area contributed by atoms with Crippen LogP contribution in [0.1, 0.15) is 61.8 Å². The average Bonchev–Trinajstić information content (AvgIpc) is 2.52. The van der Waals surface area contributed by atoms with E-state index in [1.165, 1.54) is 29.5 Å². The first kappa shape index (κ1) is 9.41. The largest absolute Gasteiger partial charge is 0.388 e. The molecule has 80 valence electrons. The molecule has 0 radical (unpaired) electrons. The summed E-state index contributed by atoms with van der Waals surface area (Å²) in [6, 6.07) is 6.46. The molecule has 2 aliphatic carbocycles. The number of benzene rings is 1. The summed E-state index contributed by atoms with van der Waals surface area (Å²) in [6.45, 7) is 4.65. The molecule has 15 heavy (non-hydrogen) atoms. The first-order chi connectivity index (χ1) is 7.09. The van der Waals surface area contributed by atoms with Gasteiger partial charge in [-0.2, -0.15) is 0 Å². The van der Waals surface area contributed by atoms with Gasteiger partial charge in [-0.25, -0.2) is 0 Å². The highest BCUT2D eigenvalue weighted by Crippen LogP contribution is 2.52. The normalized spacial score (nSPS) is 31.4. The van der Waals surface area contributed by atoms with E-state index in [1.54, 1.807) is 0 Å². The van der Waals surface area contributed by atoms with Crippen molar-refractivity contribution in [1.82, 2.24) is 0 Å². The van der Waals surface area contributed by atoms with Crippen LogP contribution in [0.15, 0.2) is 18.2 Å². The van der Waals surface area contributed by atoms with Crippen LogP contribution in [0.4, 0.5) is 0 Å². The molecular formula is C14H18O. The van der Waals surface area contributed by atoms with Gasteiger partial charge in [-0.15, -0.1) is 0 Å². The summed E-state index contributed by atoms with van der Waals surface area (Å²) in [5.74, 6) is 0.624. The van der Waals surface area contributed by atoms with E-state index in [4.69, 9.17) is 0 Å². The summed E-state index contributed by atoms with van der Waals surface area (Å²) in [7, 11) is 0. The molecule has 0 saturated carbocycles. The Morgan fingerprint density at radius 2 is 2.13 bits per heavy atom. The van der Waals surface area contributed by atoms with E-state index >= 15 is 0 Å². The van der Waals surface area contributed by atoms with Gasteiger partial charge in [-0.05, 0) is 47.3 Å². The van der Waals surface area contributed by atoms with E-state index in [-0.39, 0.29) is 6.10 Å². The van der Waals surface area contributed by atoms with Gasteiger partial charge in [-0.3, -0.25) is 0 Å². The standard InChI is InChI=1S/C14H18O/c1-14(2)7-6-9-8-12(15)10-4-3-5-11(14)13(9)10/h3-5,9,12,15H,6-8H2,1-2H3. The van der Waals surface area contributed by atoms with E-state index < -0.39 is 0 Å². The molecule has 1 nitrogen and oxygen atoms in total. The highest BCUT2D eigenvalue weighted by Gasteiger charge is 2.39. The molecule has 0 aliphatic heterocycles. The summed E-state index contributed by atoms with van der Waals surface area (Å²) in [5.41, 5.74) is 4.45. The van der Waals surface area contributed by atoms with Crippen molar-refractivity contribution in [2.45, 2.75) is 50.5 Å². The van der Waals surface area contributed by atoms with Crippen molar-refractivity contribution >= 4 is 0 Å². The van der Waals surface area contributed by atoms with Crippen LogP contribution in [0.3, 0.4) is 0 Å². The third kappa shape index (κ3) is 1.19. The molecule has 0 saturated heterocycles. The Morgan fingerprint density at radius 3 is 2.93 bits per heavy atom. The van der Waals surface area contributed by atoms with Gasteiger partial charge in [0.15, 0.2) is 0 Å². The van der Waals surface area contributed by atoms with Gasteiger partial charge in [0.2, 0.25) is 0 Å². The fourth-order valence-electron chi connectivity index (χ4n) is 3.37. The molecule has 0 spiro atoms. The van der Waals surface area contributed by atoms with Crippen LogP contribution in [-0.4, -0.2) is 5.11 Å². The molecule has 0 bridgehead atoms. The summed E-state index contributed by atoms with van der Waals surface area (Å²) in [5, 5.41) is 10.0. The predicted molar refractivity (Wildman–Crippen MR) is 61.0 cm³/mol. The van der Waals surface area contributed by atoms with Gasteiger partial charge in [-0.1, -0.05) is 32.0 Å². The van der Waals surface area contributed by atoms with Crippen molar-refractivity contribution in [1.29, 1.82) is 0 Å². The van der Waals surface area contributed by atoms with Crippen molar-refractivity contribution in [2.24, 2.45) is 0 Å². The molecule has 1 aromatic rings. The minimum atomic E-state index is -0.209. The maximum atomic E-state index is 10.0. The Kier molecular flexibility index (Phi) is 1.79. The van der Waals surface area contributed by atoms with Gasteiger partial charge < -0.3 is 5.11 Å². The van der Waals surface area contributed by atoms with Crippen molar-refractivity contribution in [3.8, 4) is 0 Å². The van der Waals surface area contributed by atoms with Gasteiger partial charge >= 0.3 is 0 Å². The molecule has 1 heteroatoms. The lowest BCUT2D eigenvalue weighted by Crippen LogP contribution is -2.25. The van der Waals surface area contributed by atoms with Crippen molar-refractivity contribution in [2.75, 3.05) is 0 Å². The smallest absolute Gasteiger partial charge is 0.0798 e. The predicted octanol–water partition coefficient (Wildman–Crippen LogP) is 3.28. The minimum Gasteiger partial charge on any atom is -0.388 e. The topological polar surface area (TPSA) is 20.2 Å². The lowest BCUT2D eigenvalue weighted by Gasteiger charge is -2.35. The van der Waals surface area contributed by atoms with Gasteiger partial charge in [0, 0.05) is 0 Å². The summed E-state index contributed by atoms with van der Waals surface area (Å²) >= 11 is 0. The number of hydrogen-bond donors (Lipinski definition) is 1. The van der Waals surface area contributed by atoms with Crippen LogP contribution in [-0.2, 0) is 5.41 Å². The second-order valence-electron chi connectivity index (χ2n) is 5.68. The molecule has 1 aromatic carbocycles. The summed E-state index contributed by atoms with van der Waals surface area (Å²) in [4.78, 5) is 0. The van der Waals surface area contributed by atoms with Crippen molar-refractivity contribution < 1.29 is 5.11 Å². The first-order valence-electron chi connectivity index (χ1n) is 5.91. The fourth-order valence-corrected chi connectivity index (χ4v) is 3.37. The molecule has 2 aliphatic rings. The zero-order valence-corrected chi connectivity index (χ0v) is 9.46. The lowest BCUT2D eigenvalue weighted by molar-refractivity contribution is 0.170. The van der Waals surface area contributed by atoms with Gasteiger partial charge in [0.25, 0.3) is 0 Å².